The smallest absolute Gasteiger partial charge is 0.254 e. The molecule has 3 aromatic carbocycles. The number of carbonyl (C=O) groups is 2. The van der Waals surface area contributed by atoms with Crippen molar-refractivity contribution in [1.29, 1.82) is 0 Å². The lowest BCUT2D eigenvalue weighted by molar-refractivity contribution is -0.124. The SMILES string of the molecule is COc1ccc(CNC(=O)C2c3ccccc3C(=O)N3CCc4cc(OC)c(OC)cc4C23)c(OC)c1. The molecule has 8 heteroatoms. The number of carbonyl (C=O) groups excluding carboxylic acids is 2. The first kappa shape index (κ1) is 24.5. The largest absolute Gasteiger partial charge is 0.497 e. The fourth-order valence-corrected chi connectivity index (χ4v) is 5.43. The van der Waals surface area contributed by atoms with E-state index in [1.807, 2.05) is 47.4 Å². The van der Waals surface area contributed by atoms with Gasteiger partial charge < -0.3 is 29.2 Å². The molecule has 5 rings (SSSR count). The molecule has 2 unspecified atom stereocenters. The number of rotatable bonds is 7. The molecule has 192 valence electrons. The van der Waals surface area contributed by atoms with E-state index in [0.717, 1.165) is 22.3 Å². The Balaban J connectivity index is 1.55. The summed E-state index contributed by atoms with van der Waals surface area (Å²) in [5.41, 5.74) is 4.04. The molecule has 1 N–H and O–H groups in total. The first-order valence-electron chi connectivity index (χ1n) is 12.1. The van der Waals surface area contributed by atoms with E-state index in [1.165, 1.54) is 0 Å². The van der Waals surface area contributed by atoms with Crippen LogP contribution in [0.3, 0.4) is 0 Å². The van der Waals surface area contributed by atoms with Gasteiger partial charge in [0.25, 0.3) is 5.91 Å². The summed E-state index contributed by atoms with van der Waals surface area (Å²) in [6.45, 7) is 0.778. The zero-order valence-electron chi connectivity index (χ0n) is 21.4. The Morgan fingerprint density at radius 3 is 2.35 bits per heavy atom. The van der Waals surface area contributed by atoms with Crippen LogP contribution in [0, 0.1) is 0 Å². The molecule has 2 amide bonds. The minimum absolute atomic E-state index is 0.0677. The number of hydrogen-bond acceptors (Lipinski definition) is 6. The zero-order valence-corrected chi connectivity index (χ0v) is 21.4. The molecule has 0 aliphatic carbocycles. The first-order chi connectivity index (χ1) is 18.0. The van der Waals surface area contributed by atoms with Gasteiger partial charge in [-0.15, -0.1) is 0 Å². The number of ether oxygens (including phenoxy) is 4. The molecular formula is C29H30N2O6. The van der Waals surface area contributed by atoms with Crippen LogP contribution >= 0.6 is 0 Å². The molecule has 0 spiro atoms. The Morgan fingerprint density at radius 2 is 1.62 bits per heavy atom. The number of nitrogens with one attached hydrogen (secondary N) is 1. The van der Waals surface area contributed by atoms with Crippen molar-refractivity contribution in [2.75, 3.05) is 35.0 Å². The number of nitrogens with zero attached hydrogens (tertiary/aromatic N) is 1. The number of benzene rings is 3. The van der Waals surface area contributed by atoms with Gasteiger partial charge in [-0.2, -0.15) is 0 Å². The van der Waals surface area contributed by atoms with E-state index < -0.39 is 12.0 Å². The van der Waals surface area contributed by atoms with E-state index in [1.54, 1.807) is 40.6 Å². The molecule has 0 aromatic heterocycles. The van der Waals surface area contributed by atoms with Crippen molar-refractivity contribution >= 4 is 11.8 Å². The zero-order chi connectivity index (χ0) is 26.1. The Bertz CT molecular complexity index is 1350. The van der Waals surface area contributed by atoms with Crippen LogP contribution in [0.4, 0.5) is 0 Å². The molecule has 2 aliphatic heterocycles. The van der Waals surface area contributed by atoms with E-state index in [0.29, 0.717) is 41.5 Å². The average molecular weight is 503 g/mol. The van der Waals surface area contributed by atoms with Crippen LogP contribution < -0.4 is 24.3 Å². The average Bonchev–Trinajstić information content (AvgIpc) is 2.95. The fraction of sp³-hybridized carbons (Fsp3) is 0.310. The van der Waals surface area contributed by atoms with Gasteiger partial charge in [-0.25, -0.2) is 0 Å². The van der Waals surface area contributed by atoms with E-state index in [4.69, 9.17) is 18.9 Å². The number of fused-ring (bicyclic) bond motifs is 4. The van der Waals surface area contributed by atoms with Gasteiger partial charge in [0, 0.05) is 30.3 Å². The van der Waals surface area contributed by atoms with Crippen molar-refractivity contribution in [3.05, 3.63) is 82.4 Å². The molecule has 2 aliphatic rings. The van der Waals surface area contributed by atoms with Crippen LogP contribution in [-0.2, 0) is 17.8 Å². The minimum atomic E-state index is -0.602. The minimum Gasteiger partial charge on any atom is -0.497 e. The Hall–Kier alpha value is -4.20. The Labute approximate surface area is 216 Å². The van der Waals surface area contributed by atoms with Gasteiger partial charge in [-0.05, 0) is 53.4 Å². The van der Waals surface area contributed by atoms with Gasteiger partial charge in [0.05, 0.1) is 40.4 Å². The highest BCUT2D eigenvalue weighted by Crippen LogP contribution is 2.48. The fourth-order valence-electron chi connectivity index (χ4n) is 5.43. The summed E-state index contributed by atoms with van der Waals surface area (Å²) < 4.78 is 21.9. The third kappa shape index (κ3) is 4.22. The second-order valence-corrected chi connectivity index (χ2v) is 9.06. The van der Waals surface area contributed by atoms with Crippen LogP contribution in [0.5, 0.6) is 23.0 Å². The van der Waals surface area contributed by atoms with Crippen molar-refractivity contribution in [3.8, 4) is 23.0 Å². The summed E-state index contributed by atoms with van der Waals surface area (Å²) in [6.07, 6.45) is 0.664. The van der Waals surface area contributed by atoms with Crippen molar-refractivity contribution in [2.24, 2.45) is 0 Å². The molecule has 37 heavy (non-hydrogen) atoms. The maximum absolute atomic E-state index is 13.9. The standard InChI is InChI=1S/C29H30N2O6/c1-34-19-10-9-18(23(14-19)35-2)16-30-28(32)26-20-7-5-6-8-21(20)29(33)31-12-11-17-13-24(36-3)25(37-4)15-22(17)27(26)31/h5-10,13-15,26-27H,11-12,16H2,1-4H3,(H,30,32). The predicted octanol–water partition coefficient (Wildman–Crippen LogP) is 3.87. The molecule has 0 saturated heterocycles. The van der Waals surface area contributed by atoms with Crippen molar-refractivity contribution in [1.82, 2.24) is 10.2 Å². The molecule has 0 saturated carbocycles. The highest BCUT2D eigenvalue weighted by Gasteiger charge is 2.46. The van der Waals surface area contributed by atoms with Crippen molar-refractivity contribution < 1.29 is 28.5 Å². The third-order valence-electron chi connectivity index (χ3n) is 7.25. The number of methoxy groups -OCH3 is 4. The molecule has 2 atom stereocenters. The normalized spacial score (nSPS) is 17.7. The highest BCUT2D eigenvalue weighted by atomic mass is 16.5. The van der Waals surface area contributed by atoms with Crippen molar-refractivity contribution in [3.63, 3.8) is 0 Å². The maximum atomic E-state index is 13.9. The quantitative estimate of drug-likeness (QED) is 0.528. The lowest BCUT2D eigenvalue weighted by atomic mass is 9.75. The van der Waals surface area contributed by atoms with E-state index >= 15 is 0 Å². The topological polar surface area (TPSA) is 86.3 Å². The molecule has 0 fully saturated rings. The van der Waals surface area contributed by atoms with Crippen LogP contribution in [0.25, 0.3) is 0 Å². The molecule has 2 heterocycles. The number of hydrogen-bond donors (Lipinski definition) is 1. The van der Waals surface area contributed by atoms with Crippen LogP contribution in [0.1, 0.15) is 44.6 Å². The van der Waals surface area contributed by atoms with E-state index in [2.05, 4.69) is 5.32 Å². The van der Waals surface area contributed by atoms with Gasteiger partial charge >= 0.3 is 0 Å². The summed E-state index contributed by atoms with van der Waals surface area (Å²) in [6, 6.07) is 16.2. The molecule has 0 radical (unpaired) electrons. The third-order valence-corrected chi connectivity index (χ3v) is 7.25. The summed E-state index contributed by atoms with van der Waals surface area (Å²) in [5.74, 6) is 1.65. The van der Waals surface area contributed by atoms with Crippen LogP contribution in [0.2, 0.25) is 0 Å². The summed E-state index contributed by atoms with van der Waals surface area (Å²) in [7, 11) is 6.36. The van der Waals surface area contributed by atoms with Crippen LogP contribution in [-0.4, -0.2) is 51.7 Å². The van der Waals surface area contributed by atoms with Crippen molar-refractivity contribution in [2.45, 2.75) is 24.9 Å². The molecule has 8 nitrogen and oxygen atoms in total. The molecular weight excluding hydrogens is 472 g/mol. The summed E-state index contributed by atoms with van der Waals surface area (Å²) in [5, 5.41) is 3.10. The summed E-state index contributed by atoms with van der Waals surface area (Å²) in [4.78, 5) is 29.3. The van der Waals surface area contributed by atoms with Crippen LogP contribution in [0.15, 0.2) is 54.6 Å². The first-order valence-corrected chi connectivity index (χ1v) is 12.1. The maximum Gasteiger partial charge on any atom is 0.254 e. The summed E-state index contributed by atoms with van der Waals surface area (Å²) >= 11 is 0. The molecule has 0 bridgehead atoms. The second-order valence-electron chi connectivity index (χ2n) is 9.06. The van der Waals surface area contributed by atoms with Gasteiger partial charge in [-0.3, -0.25) is 9.59 Å². The monoisotopic (exact) mass is 502 g/mol. The Kier molecular flexibility index (Phi) is 6.65. The van der Waals surface area contributed by atoms with Gasteiger partial charge in [0.2, 0.25) is 5.91 Å². The van der Waals surface area contributed by atoms with Gasteiger partial charge in [0.1, 0.15) is 11.5 Å². The number of amides is 2. The second kappa shape index (κ2) is 10.0. The lowest BCUT2D eigenvalue weighted by Crippen LogP contribution is -2.50. The van der Waals surface area contributed by atoms with E-state index in [9.17, 15) is 9.59 Å². The highest BCUT2D eigenvalue weighted by molar-refractivity contribution is 6.01. The Morgan fingerprint density at radius 1 is 0.892 bits per heavy atom. The lowest BCUT2D eigenvalue weighted by Gasteiger charge is -2.45. The van der Waals surface area contributed by atoms with Gasteiger partial charge in [0.15, 0.2) is 11.5 Å². The van der Waals surface area contributed by atoms with Gasteiger partial charge in [-0.1, -0.05) is 18.2 Å². The van der Waals surface area contributed by atoms with E-state index in [-0.39, 0.29) is 18.4 Å². The predicted molar refractivity (Wildman–Crippen MR) is 138 cm³/mol. The molecule has 3 aromatic rings.